The van der Waals surface area contributed by atoms with Crippen molar-refractivity contribution < 1.29 is 19.1 Å². The van der Waals surface area contributed by atoms with Crippen LogP contribution in [0.4, 0.5) is 4.79 Å². The van der Waals surface area contributed by atoms with E-state index in [1.165, 1.54) is 4.90 Å². The van der Waals surface area contributed by atoms with Crippen molar-refractivity contribution in [2.75, 3.05) is 6.54 Å². The molecule has 0 spiro atoms. The van der Waals surface area contributed by atoms with Crippen LogP contribution in [-0.2, 0) is 11.3 Å². The van der Waals surface area contributed by atoms with Gasteiger partial charge in [-0.2, -0.15) is 0 Å². The van der Waals surface area contributed by atoms with Gasteiger partial charge in [-0.15, -0.1) is 0 Å². The number of carboxylic acids is 1. The molecule has 1 aliphatic heterocycles. The van der Waals surface area contributed by atoms with Crippen LogP contribution in [0.2, 0.25) is 0 Å². The highest BCUT2D eigenvalue weighted by molar-refractivity contribution is 5.87. The van der Waals surface area contributed by atoms with Crippen molar-refractivity contribution in [1.29, 1.82) is 0 Å². The molecule has 0 saturated carbocycles. The Hall–Kier alpha value is -2.05. The van der Waals surface area contributed by atoms with Crippen molar-refractivity contribution >= 4 is 12.0 Å². The smallest absolute Gasteiger partial charge is 0.329 e. The van der Waals surface area contributed by atoms with Crippen LogP contribution in [0.5, 0.6) is 0 Å². The van der Waals surface area contributed by atoms with Crippen molar-refractivity contribution in [3.63, 3.8) is 0 Å². The van der Waals surface area contributed by atoms with E-state index in [9.17, 15) is 14.7 Å². The first-order valence-corrected chi connectivity index (χ1v) is 7.12. The van der Waals surface area contributed by atoms with Gasteiger partial charge < -0.3 is 19.7 Å². The summed E-state index contributed by atoms with van der Waals surface area (Å²) in [6.07, 6.45) is 1.58. The number of aliphatic carboxylic acids is 1. The predicted octanol–water partition coefficient (Wildman–Crippen LogP) is 1.83. The number of urea groups is 1. The summed E-state index contributed by atoms with van der Waals surface area (Å²) < 4.78 is 5.39. The zero-order chi connectivity index (χ0) is 15.6. The molecule has 1 atom stereocenters. The van der Waals surface area contributed by atoms with Gasteiger partial charge in [-0.1, -0.05) is 6.92 Å². The Bertz CT molecular complexity index is 535. The van der Waals surface area contributed by atoms with Crippen molar-refractivity contribution in [3.8, 4) is 0 Å². The first kappa shape index (κ1) is 15.3. The summed E-state index contributed by atoms with van der Waals surface area (Å²) in [5.41, 5.74) is -0.305. The van der Waals surface area contributed by atoms with E-state index in [0.717, 1.165) is 5.69 Å². The van der Waals surface area contributed by atoms with Gasteiger partial charge in [0.1, 0.15) is 11.3 Å². The van der Waals surface area contributed by atoms with Gasteiger partial charge in [0, 0.05) is 6.54 Å². The Kier molecular flexibility index (Phi) is 4.20. The van der Waals surface area contributed by atoms with Crippen LogP contribution in [0.25, 0.3) is 0 Å². The number of oxazole rings is 1. The molecular weight excluding hydrogens is 274 g/mol. The zero-order valence-electron chi connectivity index (χ0n) is 12.6. The lowest BCUT2D eigenvalue weighted by atomic mass is 9.93. The van der Waals surface area contributed by atoms with Gasteiger partial charge in [-0.3, -0.25) is 0 Å². The number of nitrogens with zero attached hydrogens (tertiary/aromatic N) is 2. The molecule has 0 aromatic carbocycles. The van der Waals surface area contributed by atoms with Crippen molar-refractivity contribution in [2.24, 2.45) is 0 Å². The fraction of sp³-hybridized carbons (Fsp3) is 0.643. The van der Waals surface area contributed by atoms with Gasteiger partial charge in [-0.25, -0.2) is 14.6 Å². The fourth-order valence-electron chi connectivity index (χ4n) is 2.78. The molecule has 2 rings (SSSR count). The van der Waals surface area contributed by atoms with Crippen LogP contribution in [0.15, 0.2) is 4.42 Å². The average molecular weight is 295 g/mol. The van der Waals surface area contributed by atoms with Gasteiger partial charge in [0.2, 0.25) is 5.89 Å². The van der Waals surface area contributed by atoms with Crippen molar-refractivity contribution in [3.05, 3.63) is 17.3 Å². The zero-order valence-corrected chi connectivity index (χ0v) is 12.6. The maximum Gasteiger partial charge on any atom is 0.329 e. The van der Waals surface area contributed by atoms with E-state index in [1.807, 2.05) is 6.92 Å². The van der Waals surface area contributed by atoms with Crippen LogP contribution in [-0.4, -0.2) is 39.1 Å². The van der Waals surface area contributed by atoms with Crippen LogP contribution in [0.3, 0.4) is 0 Å². The molecule has 21 heavy (non-hydrogen) atoms. The third-order valence-corrected chi connectivity index (χ3v) is 4.18. The lowest BCUT2D eigenvalue weighted by molar-refractivity contribution is -0.148. The monoisotopic (exact) mass is 295 g/mol. The Morgan fingerprint density at radius 3 is 2.71 bits per heavy atom. The molecule has 0 radical (unpaired) electrons. The van der Waals surface area contributed by atoms with Crippen molar-refractivity contribution in [2.45, 2.75) is 52.1 Å². The van der Waals surface area contributed by atoms with E-state index in [0.29, 0.717) is 37.5 Å². The Morgan fingerprint density at radius 2 is 2.19 bits per heavy atom. The number of carboxylic acid groups (broad SMARTS) is 1. The van der Waals surface area contributed by atoms with E-state index in [-0.39, 0.29) is 12.6 Å². The minimum atomic E-state index is -1.09. The molecule has 1 unspecified atom stereocenters. The summed E-state index contributed by atoms with van der Waals surface area (Å²) in [6, 6.07) is -0.384. The fourth-order valence-corrected chi connectivity index (χ4v) is 2.78. The number of carbonyl (C=O) groups excluding carboxylic acids is 1. The third kappa shape index (κ3) is 2.72. The molecule has 2 heterocycles. The Morgan fingerprint density at radius 1 is 1.48 bits per heavy atom. The summed E-state index contributed by atoms with van der Waals surface area (Å²) in [7, 11) is 0. The standard InChI is InChI=1S/C14H21N3O4/c1-4-14(12(18)19)6-5-7-17(14)13(20)15-8-11-16-9(2)10(3)21-11/h4-8H2,1-3H3,(H,15,20)(H,18,19). The second-order valence-electron chi connectivity index (χ2n) is 5.35. The molecule has 7 heteroatoms. The van der Waals surface area contributed by atoms with E-state index in [2.05, 4.69) is 10.3 Å². The normalized spacial score (nSPS) is 21.6. The molecule has 1 aromatic rings. The average Bonchev–Trinajstić information content (AvgIpc) is 3.01. The molecule has 7 nitrogen and oxygen atoms in total. The van der Waals surface area contributed by atoms with E-state index >= 15 is 0 Å². The molecule has 1 fully saturated rings. The van der Waals surface area contributed by atoms with Gasteiger partial charge in [-0.05, 0) is 33.1 Å². The second kappa shape index (κ2) is 5.75. The number of aromatic nitrogens is 1. The van der Waals surface area contributed by atoms with Crippen molar-refractivity contribution in [1.82, 2.24) is 15.2 Å². The number of amides is 2. The maximum atomic E-state index is 12.3. The number of nitrogens with one attached hydrogen (secondary N) is 1. The molecule has 2 amide bonds. The topological polar surface area (TPSA) is 95.7 Å². The number of carbonyl (C=O) groups is 2. The number of aryl methyl sites for hydroxylation is 2. The molecule has 116 valence electrons. The molecule has 1 aromatic heterocycles. The van der Waals surface area contributed by atoms with Crippen LogP contribution < -0.4 is 5.32 Å². The van der Waals surface area contributed by atoms with Crippen LogP contribution >= 0.6 is 0 Å². The SMILES string of the molecule is CCC1(C(=O)O)CCCN1C(=O)NCc1nc(C)c(C)o1. The Labute approximate surface area is 123 Å². The number of hydrogen-bond donors (Lipinski definition) is 2. The largest absolute Gasteiger partial charge is 0.479 e. The minimum absolute atomic E-state index is 0.156. The highest BCUT2D eigenvalue weighted by atomic mass is 16.4. The predicted molar refractivity (Wildman–Crippen MR) is 74.8 cm³/mol. The van der Waals surface area contributed by atoms with Crippen LogP contribution in [0.1, 0.15) is 43.5 Å². The lowest BCUT2D eigenvalue weighted by Gasteiger charge is -2.33. The highest BCUT2D eigenvalue weighted by Crippen LogP contribution is 2.32. The molecule has 1 saturated heterocycles. The lowest BCUT2D eigenvalue weighted by Crippen LogP contribution is -2.55. The van der Waals surface area contributed by atoms with E-state index in [4.69, 9.17) is 4.42 Å². The van der Waals surface area contributed by atoms with Crippen LogP contribution in [0, 0.1) is 13.8 Å². The highest BCUT2D eigenvalue weighted by Gasteiger charge is 2.48. The first-order valence-electron chi connectivity index (χ1n) is 7.12. The number of rotatable bonds is 4. The molecule has 0 bridgehead atoms. The minimum Gasteiger partial charge on any atom is -0.479 e. The summed E-state index contributed by atoms with van der Waals surface area (Å²) in [6.45, 7) is 6.04. The second-order valence-corrected chi connectivity index (χ2v) is 5.35. The van der Waals surface area contributed by atoms with Gasteiger partial charge >= 0.3 is 12.0 Å². The molecule has 0 aliphatic carbocycles. The van der Waals surface area contributed by atoms with E-state index in [1.54, 1.807) is 13.8 Å². The van der Waals surface area contributed by atoms with Gasteiger partial charge in [0.05, 0.1) is 12.2 Å². The maximum absolute atomic E-state index is 12.3. The molecule has 2 N–H and O–H groups in total. The van der Waals surface area contributed by atoms with Gasteiger partial charge in [0.15, 0.2) is 0 Å². The summed E-state index contributed by atoms with van der Waals surface area (Å²) in [4.78, 5) is 29.4. The summed E-state index contributed by atoms with van der Waals surface area (Å²) >= 11 is 0. The summed E-state index contributed by atoms with van der Waals surface area (Å²) in [5.74, 6) is 0.198. The Balaban J connectivity index is 2.04. The van der Waals surface area contributed by atoms with Gasteiger partial charge in [0.25, 0.3) is 0 Å². The first-order chi connectivity index (χ1) is 9.90. The van der Waals surface area contributed by atoms with E-state index < -0.39 is 11.5 Å². The quantitative estimate of drug-likeness (QED) is 0.883. The summed E-state index contributed by atoms with van der Waals surface area (Å²) in [5, 5.41) is 12.1. The third-order valence-electron chi connectivity index (χ3n) is 4.18. The number of likely N-dealkylation sites (tertiary alicyclic amines) is 1. The number of hydrogen-bond acceptors (Lipinski definition) is 4. The molecule has 1 aliphatic rings. The molecular formula is C14H21N3O4.